The van der Waals surface area contributed by atoms with Crippen LogP contribution >= 0.6 is 0 Å². The van der Waals surface area contributed by atoms with E-state index in [2.05, 4.69) is 4.98 Å². The second-order valence-corrected chi connectivity index (χ2v) is 5.31. The Labute approximate surface area is 122 Å². The van der Waals surface area contributed by atoms with E-state index in [0.717, 1.165) is 6.07 Å². The van der Waals surface area contributed by atoms with E-state index < -0.39 is 36.4 Å². The molecule has 1 saturated heterocycles. The molecule has 0 amide bonds. The molecule has 3 rings (SSSR count). The lowest BCUT2D eigenvalue weighted by molar-refractivity contribution is -0.250. The molecular weight excluding hydrogens is 307 g/mol. The molecule has 1 fully saturated rings. The zero-order valence-electron chi connectivity index (χ0n) is 11.2. The molecule has 8 heteroatoms. The zero-order chi connectivity index (χ0) is 16.1. The van der Waals surface area contributed by atoms with Gasteiger partial charge in [0.05, 0.1) is 6.54 Å². The Bertz CT molecular complexity index is 733. The quantitative estimate of drug-likeness (QED) is 0.821. The number of hydrogen-bond donors (Lipinski definition) is 1. The summed E-state index contributed by atoms with van der Waals surface area (Å²) >= 11 is 0. The number of alkyl halides is 3. The van der Waals surface area contributed by atoms with Crippen LogP contribution in [-0.4, -0.2) is 35.0 Å². The monoisotopic (exact) mass is 318 g/mol. The topological polar surface area (TPSA) is 36.4 Å². The molecule has 0 radical (unpaired) electrons. The van der Waals surface area contributed by atoms with Crippen LogP contribution in [-0.2, 0) is 0 Å². The van der Waals surface area contributed by atoms with E-state index >= 15 is 0 Å². The van der Waals surface area contributed by atoms with Crippen molar-refractivity contribution in [3.05, 3.63) is 36.0 Å². The van der Waals surface area contributed by atoms with Crippen molar-refractivity contribution in [2.24, 2.45) is 0 Å². The fraction of sp³-hybridized carbons (Fsp3) is 0.357. The van der Waals surface area contributed by atoms with Crippen LogP contribution in [0.25, 0.3) is 10.9 Å². The van der Waals surface area contributed by atoms with E-state index in [9.17, 15) is 27.1 Å². The number of rotatable bonds is 1. The van der Waals surface area contributed by atoms with E-state index in [1.807, 2.05) is 0 Å². The fourth-order valence-corrected chi connectivity index (χ4v) is 2.67. The molecule has 2 aromatic rings. The number of aliphatic hydroxyl groups is 1. The van der Waals surface area contributed by atoms with Gasteiger partial charge >= 0.3 is 6.18 Å². The number of nitrogens with zero attached hydrogens (tertiary/aromatic N) is 2. The Kier molecular flexibility index (Phi) is 3.24. The molecule has 0 spiro atoms. The maximum absolute atomic E-state index is 13.7. The first-order chi connectivity index (χ1) is 10.2. The van der Waals surface area contributed by atoms with Gasteiger partial charge in [-0.1, -0.05) is 0 Å². The summed E-state index contributed by atoms with van der Waals surface area (Å²) < 4.78 is 65.7. The molecular formula is C14H11F5N2O. The van der Waals surface area contributed by atoms with Crippen LogP contribution in [0.4, 0.5) is 27.6 Å². The van der Waals surface area contributed by atoms with Crippen LogP contribution in [0.15, 0.2) is 24.4 Å². The second kappa shape index (κ2) is 4.77. The van der Waals surface area contributed by atoms with Crippen molar-refractivity contribution in [2.75, 3.05) is 18.0 Å². The number of hydrogen-bond acceptors (Lipinski definition) is 3. The summed E-state index contributed by atoms with van der Waals surface area (Å²) in [6.45, 7) is -0.763. The summed E-state index contributed by atoms with van der Waals surface area (Å²) in [6.07, 6.45) is -4.02. The molecule has 2 heterocycles. The van der Waals surface area contributed by atoms with Gasteiger partial charge in [0.2, 0.25) is 0 Å². The Morgan fingerprint density at radius 2 is 1.95 bits per heavy atom. The Hall–Kier alpha value is -1.96. The molecule has 1 aliphatic rings. The average Bonchev–Trinajstić information content (AvgIpc) is 2.81. The largest absolute Gasteiger partial charge is 0.418 e. The van der Waals surface area contributed by atoms with Crippen LogP contribution in [0, 0.1) is 11.6 Å². The van der Waals surface area contributed by atoms with Gasteiger partial charge in [-0.15, -0.1) is 0 Å². The number of pyridine rings is 1. The van der Waals surface area contributed by atoms with E-state index in [1.54, 1.807) is 0 Å². The first kappa shape index (κ1) is 15.0. The van der Waals surface area contributed by atoms with Gasteiger partial charge in [0, 0.05) is 36.3 Å². The van der Waals surface area contributed by atoms with E-state index in [1.165, 1.54) is 17.2 Å². The van der Waals surface area contributed by atoms with Crippen molar-refractivity contribution >= 4 is 16.6 Å². The van der Waals surface area contributed by atoms with Crippen molar-refractivity contribution in [3.8, 4) is 0 Å². The Balaban J connectivity index is 2.06. The van der Waals surface area contributed by atoms with Gasteiger partial charge in [0.15, 0.2) is 11.4 Å². The van der Waals surface area contributed by atoms with Crippen molar-refractivity contribution in [1.82, 2.24) is 4.98 Å². The molecule has 0 bridgehead atoms. The van der Waals surface area contributed by atoms with Crippen LogP contribution in [0.5, 0.6) is 0 Å². The van der Waals surface area contributed by atoms with Crippen molar-refractivity contribution in [3.63, 3.8) is 0 Å². The standard InChI is InChI=1S/C14H11F5N2O/c15-8-5-9-11(1-3-20-12(9)10(16)6-8)21-4-2-13(22,7-21)14(17,18)19/h1,3,5-6,22H,2,4,7H2. The SMILES string of the molecule is OC1(C(F)(F)F)CCN(c2ccnc3c(F)cc(F)cc23)C1. The van der Waals surface area contributed by atoms with Gasteiger partial charge in [0.1, 0.15) is 11.3 Å². The summed E-state index contributed by atoms with van der Waals surface area (Å²) in [5.41, 5.74) is -2.74. The number of anilines is 1. The van der Waals surface area contributed by atoms with Crippen LogP contribution < -0.4 is 4.90 Å². The maximum Gasteiger partial charge on any atom is 0.418 e. The zero-order valence-corrected chi connectivity index (χ0v) is 11.2. The van der Waals surface area contributed by atoms with Gasteiger partial charge in [-0.25, -0.2) is 8.78 Å². The second-order valence-electron chi connectivity index (χ2n) is 5.31. The third-order valence-corrected chi connectivity index (χ3v) is 3.86. The highest BCUT2D eigenvalue weighted by Crippen LogP contribution is 2.40. The highest BCUT2D eigenvalue weighted by Gasteiger charge is 2.57. The third kappa shape index (κ3) is 2.27. The summed E-state index contributed by atoms with van der Waals surface area (Å²) in [6, 6.07) is 3.06. The molecule has 1 atom stereocenters. The lowest BCUT2D eigenvalue weighted by atomic mass is 10.0. The smallest absolute Gasteiger partial charge is 0.379 e. The third-order valence-electron chi connectivity index (χ3n) is 3.86. The molecule has 3 nitrogen and oxygen atoms in total. The van der Waals surface area contributed by atoms with Gasteiger partial charge in [-0.05, 0) is 12.1 Å². The summed E-state index contributed by atoms with van der Waals surface area (Å²) in [7, 11) is 0. The van der Waals surface area contributed by atoms with Crippen LogP contribution in [0.2, 0.25) is 0 Å². The highest BCUT2D eigenvalue weighted by molar-refractivity contribution is 5.92. The Morgan fingerprint density at radius 3 is 2.59 bits per heavy atom. The molecule has 1 aliphatic heterocycles. The van der Waals surface area contributed by atoms with Crippen molar-refractivity contribution < 1.29 is 27.1 Å². The number of benzene rings is 1. The average molecular weight is 318 g/mol. The van der Waals surface area contributed by atoms with E-state index in [-0.39, 0.29) is 23.1 Å². The summed E-state index contributed by atoms with van der Waals surface area (Å²) in [4.78, 5) is 5.05. The van der Waals surface area contributed by atoms with Gasteiger partial charge < -0.3 is 10.0 Å². The lowest BCUT2D eigenvalue weighted by Gasteiger charge is -2.27. The minimum atomic E-state index is -4.76. The van der Waals surface area contributed by atoms with Crippen molar-refractivity contribution in [1.29, 1.82) is 0 Å². The number of aromatic nitrogens is 1. The highest BCUT2D eigenvalue weighted by atomic mass is 19.4. The van der Waals surface area contributed by atoms with Crippen LogP contribution in [0.3, 0.4) is 0 Å². The predicted octanol–water partition coefficient (Wildman–Crippen LogP) is 3.02. The molecule has 0 aliphatic carbocycles. The fourth-order valence-electron chi connectivity index (χ4n) is 2.67. The molecule has 1 aromatic carbocycles. The molecule has 22 heavy (non-hydrogen) atoms. The first-order valence-electron chi connectivity index (χ1n) is 6.49. The lowest BCUT2D eigenvalue weighted by Crippen LogP contribution is -2.47. The molecule has 1 unspecified atom stereocenters. The number of β-amino-alcohol motifs (C(OH)–C–C–N with tert-alkyl or cyclic N) is 1. The van der Waals surface area contributed by atoms with Gasteiger partial charge in [-0.2, -0.15) is 13.2 Å². The maximum atomic E-state index is 13.7. The summed E-state index contributed by atoms with van der Waals surface area (Å²) in [5, 5.41) is 9.79. The first-order valence-corrected chi connectivity index (χ1v) is 6.49. The van der Waals surface area contributed by atoms with E-state index in [0.29, 0.717) is 6.07 Å². The number of halogens is 5. The predicted molar refractivity (Wildman–Crippen MR) is 69.5 cm³/mol. The van der Waals surface area contributed by atoms with E-state index in [4.69, 9.17) is 0 Å². The normalized spacial score (nSPS) is 22.5. The molecule has 1 N–H and O–H groups in total. The summed E-state index contributed by atoms with van der Waals surface area (Å²) in [5.74, 6) is -1.73. The van der Waals surface area contributed by atoms with Gasteiger partial charge in [0.25, 0.3) is 0 Å². The molecule has 0 saturated carbocycles. The molecule has 118 valence electrons. The van der Waals surface area contributed by atoms with Crippen LogP contribution in [0.1, 0.15) is 6.42 Å². The molecule has 1 aromatic heterocycles. The minimum absolute atomic E-state index is 0.0754. The minimum Gasteiger partial charge on any atom is -0.379 e. The van der Waals surface area contributed by atoms with Crippen molar-refractivity contribution in [2.45, 2.75) is 18.2 Å². The van der Waals surface area contributed by atoms with Gasteiger partial charge in [-0.3, -0.25) is 4.98 Å². The Morgan fingerprint density at radius 1 is 1.23 bits per heavy atom. The number of fused-ring (bicyclic) bond motifs is 1.